The first-order valence-corrected chi connectivity index (χ1v) is 7.12. The molecule has 0 spiro atoms. The molecule has 3 heteroatoms. The second-order valence-corrected chi connectivity index (χ2v) is 4.75. The standard InChI is InChI=1S/C15H17NOS/c1-18-15-10-6-5-9-13(15)17-14(11-16)12-7-3-2-4-8-12/h2-10,14H,11,16H2,1H3. The van der Waals surface area contributed by atoms with Crippen molar-refractivity contribution < 1.29 is 4.74 Å². The Hall–Kier alpha value is -1.45. The highest BCUT2D eigenvalue weighted by Crippen LogP contribution is 2.30. The molecule has 0 radical (unpaired) electrons. The lowest BCUT2D eigenvalue weighted by atomic mass is 10.1. The van der Waals surface area contributed by atoms with E-state index in [1.54, 1.807) is 11.8 Å². The van der Waals surface area contributed by atoms with Crippen molar-refractivity contribution in [1.82, 2.24) is 0 Å². The number of thioether (sulfide) groups is 1. The Morgan fingerprint density at radius 2 is 1.72 bits per heavy atom. The molecule has 0 aliphatic rings. The number of benzene rings is 2. The monoisotopic (exact) mass is 259 g/mol. The molecule has 0 aromatic heterocycles. The van der Waals surface area contributed by atoms with E-state index in [1.807, 2.05) is 54.8 Å². The second-order valence-electron chi connectivity index (χ2n) is 3.90. The van der Waals surface area contributed by atoms with Crippen LogP contribution in [0.4, 0.5) is 0 Å². The molecule has 0 heterocycles. The van der Waals surface area contributed by atoms with E-state index in [0.29, 0.717) is 6.54 Å². The van der Waals surface area contributed by atoms with Gasteiger partial charge in [-0.15, -0.1) is 11.8 Å². The van der Waals surface area contributed by atoms with Crippen molar-refractivity contribution in [3.05, 3.63) is 60.2 Å². The Kier molecular flexibility index (Phi) is 4.67. The van der Waals surface area contributed by atoms with E-state index in [-0.39, 0.29) is 6.10 Å². The molecule has 0 saturated carbocycles. The minimum atomic E-state index is -0.0977. The summed E-state index contributed by atoms with van der Waals surface area (Å²) < 4.78 is 6.03. The Morgan fingerprint density at radius 3 is 2.39 bits per heavy atom. The van der Waals surface area contributed by atoms with Crippen LogP contribution in [0.2, 0.25) is 0 Å². The van der Waals surface area contributed by atoms with Gasteiger partial charge >= 0.3 is 0 Å². The van der Waals surface area contributed by atoms with E-state index in [0.717, 1.165) is 16.2 Å². The zero-order chi connectivity index (χ0) is 12.8. The highest BCUT2D eigenvalue weighted by atomic mass is 32.2. The number of nitrogens with two attached hydrogens (primary N) is 1. The summed E-state index contributed by atoms with van der Waals surface area (Å²) in [5.74, 6) is 0.893. The molecule has 0 aliphatic heterocycles. The van der Waals surface area contributed by atoms with Gasteiger partial charge < -0.3 is 10.5 Å². The molecule has 1 unspecified atom stereocenters. The smallest absolute Gasteiger partial charge is 0.136 e. The highest BCUT2D eigenvalue weighted by molar-refractivity contribution is 7.98. The van der Waals surface area contributed by atoms with Gasteiger partial charge in [-0.25, -0.2) is 0 Å². The number of rotatable bonds is 5. The van der Waals surface area contributed by atoms with Crippen molar-refractivity contribution in [3.8, 4) is 5.75 Å². The van der Waals surface area contributed by atoms with Crippen LogP contribution in [0.1, 0.15) is 11.7 Å². The van der Waals surface area contributed by atoms with Crippen LogP contribution in [-0.4, -0.2) is 12.8 Å². The van der Waals surface area contributed by atoms with Gasteiger partial charge in [-0.05, 0) is 24.0 Å². The average Bonchev–Trinajstić information content (AvgIpc) is 2.46. The third-order valence-electron chi connectivity index (χ3n) is 2.72. The van der Waals surface area contributed by atoms with Gasteiger partial charge in [-0.2, -0.15) is 0 Å². The van der Waals surface area contributed by atoms with Crippen molar-refractivity contribution in [2.45, 2.75) is 11.0 Å². The topological polar surface area (TPSA) is 35.2 Å². The summed E-state index contributed by atoms with van der Waals surface area (Å²) in [7, 11) is 0. The van der Waals surface area contributed by atoms with E-state index in [4.69, 9.17) is 10.5 Å². The molecule has 1 atom stereocenters. The van der Waals surface area contributed by atoms with Gasteiger partial charge in [0.15, 0.2) is 0 Å². The molecular weight excluding hydrogens is 242 g/mol. The van der Waals surface area contributed by atoms with Crippen molar-refractivity contribution in [2.24, 2.45) is 5.73 Å². The van der Waals surface area contributed by atoms with E-state index in [9.17, 15) is 0 Å². The fraction of sp³-hybridized carbons (Fsp3) is 0.200. The predicted octanol–water partition coefficient (Wildman–Crippen LogP) is 3.49. The lowest BCUT2D eigenvalue weighted by Gasteiger charge is -2.19. The first-order valence-electron chi connectivity index (χ1n) is 5.90. The molecule has 0 bridgehead atoms. The van der Waals surface area contributed by atoms with Crippen LogP contribution in [0.5, 0.6) is 5.75 Å². The molecule has 2 rings (SSSR count). The summed E-state index contributed by atoms with van der Waals surface area (Å²) >= 11 is 1.68. The average molecular weight is 259 g/mol. The Balaban J connectivity index is 2.21. The number of para-hydroxylation sites is 1. The zero-order valence-electron chi connectivity index (χ0n) is 10.4. The third kappa shape index (κ3) is 3.06. The highest BCUT2D eigenvalue weighted by Gasteiger charge is 2.12. The molecule has 2 N–H and O–H groups in total. The van der Waals surface area contributed by atoms with Gasteiger partial charge in [0.2, 0.25) is 0 Å². The normalized spacial score (nSPS) is 12.1. The number of hydrogen-bond acceptors (Lipinski definition) is 3. The number of hydrogen-bond donors (Lipinski definition) is 1. The molecule has 2 nitrogen and oxygen atoms in total. The minimum absolute atomic E-state index is 0.0977. The predicted molar refractivity (Wildman–Crippen MR) is 77.1 cm³/mol. The fourth-order valence-corrected chi connectivity index (χ4v) is 2.32. The van der Waals surface area contributed by atoms with E-state index in [2.05, 4.69) is 6.07 Å². The molecule has 94 valence electrons. The van der Waals surface area contributed by atoms with Crippen LogP contribution < -0.4 is 10.5 Å². The van der Waals surface area contributed by atoms with Crippen LogP contribution >= 0.6 is 11.8 Å². The van der Waals surface area contributed by atoms with Crippen molar-refractivity contribution in [1.29, 1.82) is 0 Å². The van der Waals surface area contributed by atoms with E-state index < -0.39 is 0 Å². The Labute approximate surface area is 112 Å². The van der Waals surface area contributed by atoms with Crippen molar-refractivity contribution >= 4 is 11.8 Å². The van der Waals surface area contributed by atoms with E-state index >= 15 is 0 Å². The van der Waals surface area contributed by atoms with Crippen LogP contribution in [-0.2, 0) is 0 Å². The van der Waals surface area contributed by atoms with Crippen LogP contribution in [0, 0.1) is 0 Å². The maximum absolute atomic E-state index is 6.03. The molecule has 2 aromatic carbocycles. The van der Waals surface area contributed by atoms with Crippen molar-refractivity contribution in [3.63, 3.8) is 0 Å². The van der Waals surface area contributed by atoms with Gasteiger partial charge in [0, 0.05) is 11.4 Å². The van der Waals surface area contributed by atoms with Gasteiger partial charge in [0.1, 0.15) is 11.9 Å². The van der Waals surface area contributed by atoms with Gasteiger partial charge in [-0.1, -0.05) is 42.5 Å². The number of ether oxygens (including phenoxy) is 1. The maximum atomic E-state index is 6.03. The first-order chi connectivity index (χ1) is 8.85. The lowest BCUT2D eigenvalue weighted by molar-refractivity contribution is 0.209. The second kappa shape index (κ2) is 6.47. The minimum Gasteiger partial charge on any atom is -0.483 e. The zero-order valence-corrected chi connectivity index (χ0v) is 11.2. The van der Waals surface area contributed by atoms with Gasteiger partial charge in [-0.3, -0.25) is 0 Å². The summed E-state index contributed by atoms with van der Waals surface area (Å²) in [5, 5.41) is 0. The van der Waals surface area contributed by atoms with E-state index in [1.165, 1.54) is 0 Å². The SMILES string of the molecule is CSc1ccccc1OC(CN)c1ccccc1. The van der Waals surface area contributed by atoms with Crippen LogP contribution in [0.15, 0.2) is 59.5 Å². The van der Waals surface area contributed by atoms with Gasteiger partial charge in [0.05, 0.1) is 0 Å². The third-order valence-corrected chi connectivity index (χ3v) is 3.50. The maximum Gasteiger partial charge on any atom is 0.136 e. The first kappa shape index (κ1) is 13.0. The van der Waals surface area contributed by atoms with Crippen LogP contribution in [0.25, 0.3) is 0 Å². The largest absolute Gasteiger partial charge is 0.483 e. The summed E-state index contributed by atoms with van der Waals surface area (Å²) in [6.07, 6.45) is 1.95. The van der Waals surface area contributed by atoms with Crippen LogP contribution in [0.3, 0.4) is 0 Å². The van der Waals surface area contributed by atoms with Gasteiger partial charge in [0.25, 0.3) is 0 Å². The molecule has 18 heavy (non-hydrogen) atoms. The summed E-state index contributed by atoms with van der Waals surface area (Å²) in [6, 6.07) is 18.1. The quantitative estimate of drug-likeness (QED) is 0.835. The molecule has 0 aliphatic carbocycles. The molecule has 2 aromatic rings. The Morgan fingerprint density at radius 1 is 1.06 bits per heavy atom. The fourth-order valence-electron chi connectivity index (χ4n) is 1.79. The van der Waals surface area contributed by atoms with Crippen molar-refractivity contribution in [2.75, 3.05) is 12.8 Å². The molecular formula is C15H17NOS. The summed E-state index contributed by atoms with van der Waals surface area (Å²) in [6.45, 7) is 0.465. The molecule has 0 amide bonds. The molecule has 0 saturated heterocycles. The lowest BCUT2D eigenvalue weighted by Crippen LogP contribution is -2.18. The summed E-state index contributed by atoms with van der Waals surface area (Å²) in [4.78, 5) is 1.13. The molecule has 0 fully saturated rings. The Bertz CT molecular complexity index is 487. The summed E-state index contributed by atoms with van der Waals surface area (Å²) in [5.41, 5.74) is 6.92.